The van der Waals surface area contributed by atoms with E-state index >= 15 is 0 Å². The van der Waals surface area contributed by atoms with Crippen LogP contribution in [-0.4, -0.2) is 11.1 Å². The van der Waals surface area contributed by atoms with Gasteiger partial charge in [0.05, 0.1) is 5.56 Å². The first-order chi connectivity index (χ1) is 5.09. The van der Waals surface area contributed by atoms with Gasteiger partial charge in [-0.3, -0.25) is 0 Å². The Balaban J connectivity index is 3.19. The highest BCUT2D eigenvalue weighted by molar-refractivity contribution is 14.1. The molecule has 0 aromatic heterocycles. The van der Waals surface area contributed by atoms with Crippen LogP contribution in [-0.2, 0) is 0 Å². The minimum atomic E-state index is -0.918. The number of rotatable bonds is 1. The minimum absolute atomic E-state index is 0.280. The van der Waals surface area contributed by atoms with Crippen molar-refractivity contribution in [3.8, 4) is 0 Å². The molecule has 0 saturated carbocycles. The van der Waals surface area contributed by atoms with Gasteiger partial charge < -0.3 is 5.11 Å². The molecule has 0 atom stereocenters. The summed E-state index contributed by atoms with van der Waals surface area (Å²) in [6, 6.07) is 4.92. The van der Waals surface area contributed by atoms with Crippen LogP contribution in [0.15, 0.2) is 23.1 Å². The van der Waals surface area contributed by atoms with Crippen LogP contribution in [0.3, 0.4) is 0 Å². The summed E-state index contributed by atoms with van der Waals surface area (Å²) >= 11 is 6.10. The van der Waals surface area contributed by atoms with E-state index in [2.05, 4.69) is 35.2 Å². The summed E-state index contributed by atoms with van der Waals surface area (Å²) in [7, 11) is 0. The molecule has 0 amide bonds. The molecule has 0 spiro atoms. The number of carbonyl (C=O) groups is 1. The van der Waals surface area contributed by atoms with Gasteiger partial charge in [-0.05, 0) is 40.8 Å². The normalized spacial score (nSPS) is 9.64. The van der Waals surface area contributed by atoms with Crippen LogP contribution < -0.4 is 0 Å². The Morgan fingerprint density at radius 3 is 2.55 bits per heavy atom. The van der Waals surface area contributed by atoms with Crippen molar-refractivity contribution < 1.29 is 9.90 Å². The number of hydrogen-bond acceptors (Lipinski definition) is 2. The topological polar surface area (TPSA) is 37.3 Å². The molecule has 0 saturated heterocycles. The Bertz CT molecular complexity index is 278. The predicted molar refractivity (Wildman–Crippen MR) is 53.4 cm³/mol. The summed E-state index contributed by atoms with van der Waals surface area (Å²) < 4.78 is 0.882. The van der Waals surface area contributed by atoms with Crippen molar-refractivity contribution in [2.75, 3.05) is 0 Å². The van der Waals surface area contributed by atoms with E-state index in [-0.39, 0.29) is 5.56 Å². The number of aromatic carboxylic acids is 1. The second-order valence-electron chi connectivity index (χ2n) is 2.00. The molecule has 0 heterocycles. The van der Waals surface area contributed by atoms with Gasteiger partial charge in [0.2, 0.25) is 0 Å². The summed E-state index contributed by atoms with van der Waals surface area (Å²) in [6.45, 7) is 0. The lowest BCUT2D eigenvalue weighted by atomic mass is 10.2. The van der Waals surface area contributed by atoms with E-state index in [0.717, 1.165) is 3.57 Å². The lowest BCUT2D eigenvalue weighted by molar-refractivity contribution is 0.0696. The Hall–Kier alpha value is -0.230. The van der Waals surface area contributed by atoms with Crippen molar-refractivity contribution in [3.05, 3.63) is 27.3 Å². The SMILES string of the molecule is O=C(O)c1cc(S)cc(I)c1. The van der Waals surface area contributed by atoms with E-state index in [1.54, 1.807) is 12.1 Å². The average molecular weight is 280 g/mol. The third kappa shape index (κ3) is 2.37. The van der Waals surface area contributed by atoms with Crippen molar-refractivity contribution in [1.82, 2.24) is 0 Å². The lowest BCUT2D eigenvalue weighted by Crippen LogP contribution is -1.96. The molecule has 0 unspecified atom stereocenters. The molecule has 0 fully saturated rings. The molecule has 0 bridgehead atoms. The Labute approximate surface area is 83.2 Å². The standard InChI is InChI=1S/C7H5IO2S/c8-5-1-4(7(9)10)2-6(11)3-5/h1-3,11H,(H,9,10). The monoisotopic (exact) mass is 280 g/mol. The minimum Gasteiger partial charge on any atom is -0.478 e. The number of carboxylic acids is 1. The van der Waals surface area contributed by atoms with Crippen molar-refractivity contribution in [2.45, 2.75) is 4.90 Å². The fraction of sp³-hybridized carbons (Fsp3) is 0. The summed E-state index contributed by atoms with van der Waals surface area (Å²) in [5.74, 6) is -0.918. The van der Waals surface area contributed by atoms with Gasteiger partial charge in [0.1, 0.15) is 0 Å². The highest BCUT2D eigenvalue weighted by Crippen LogP contribution is 2.14. The van der Waals surface area contributed by atoms with Gasteiger partial charge in [-0.2, -0.15) is 0 Å². The number of halogens is 1. The second kappa shape index (κ2) is 3.44. The highest BCUT2D eigenvalue weighted by atomic mass is 127. The third-order valence-electron chi connectivity index (χ3n) is 1.13. The van der Waals surface area contributed by atoms with E-state index in [0.29, 0.717) is 4.90 Å². The lowest BCUT2D eigenvalue weighted by Gasteiger charge is -1.96. The molecule has 1 aromatic carbocycles. The molecular weight excluding hydrogens is 275 g/mol. The summed E-state index contributed by atoms with van der Waals surface area (Å²) in [5, 5.41) is 8.60. The van der Waals surface area contributed by atoms with Gasteiger partial charge in [-0.25, -0.2) is 4.79 Å². The van der Waals surface area contributed by atoms with E-state index in [9.17, 15) is 4.79 Å². The molecule has 4 heteroatoms. The molecule has 11 heavy (non-hydrogen) atoms. The van der Waals surface area contributed by atoms with Gasteiger partial charge in [-0.1, -0.05) is 0 Å². The van der Waals surface area contributed by atoms with Gasteiger partial charge in [0.15, 0.2) is 0 Å². The number of carboxylic acid groups (broad SMARTS) is 1. The zero-order chi connectivity index (χ0) is 8.43. The van der Waals surface area contributed by atoms with Crippen LogP contribution >= 0.6 is 35.2 Å². The van der Waals surface area contributed by atoms with Crippen molar-refractivity contribution >= 4 is 41.2 Å². The molecule has 58 valence electrons. The van der Waals surface area contributed by atoms with E-state index in [4.69, 9.17) is 5.11 Å². The van der Waals surface area contributed by atoms with Crippen LogP contribution in [0.25, 0.3) is 0 Å². The van der Waals surface area contributed by atoms with Gasteiger partial charge in [0.25, 0.3) is 0 Å². The van der Waals surface area contributed by atoms with Crippen molar-refractivity contribution in [3.63, 3.8) is 0 Å². The maximum Gasteiger partial charge on any atom is 0.335 e. The molecule has 1 aromatic rings. The van der Waals surface area contributed by atoms with Gasteiger partial charge in [-0.15, -0.1) is 12.6 Å². The molecule has 0 aliphatic rings. The summed E-state index contributed by atoms with van der Waals surface area (Å²) in [6.07, 6.45) is 0. The van der Waals surface area contributed by atoms with Crippen LogP contribution in [0.4, 0.5) is 0 Å². The first-order valence-corrected chi connectivity index (χ1v) is 4.35. The van der Waals surface area contributed by atoms with Gasteiger partial charge >= 0.3 is 5.97 Å². The number of hydrogen-bond donors (Lipinski definition) is 2. The highest BCUT2D eigenvalue weighted by Gasteiger charge is 2.03. The van der Waals surface area contributed by atoms with Crippen LogP contribution in [0.1, 0.15) is 10.4 Å². The van der Waals surface area contributed by atoms with E-state index < -0.39 is 5.97 Å². The molecule has 2 nitrogen and oxygen atoms in total. The first-order valence-electron chi connectivity index (χ1n) is 2.82. The third-order valence-corrected chi connectivity index (χ3v) is 2.01. The fourth-order valence-electron chi connectivity index (χ4n) is 0.698. The Kier molecular flexibility index (Phi) is 2.78. The smallest absolute Gasteiger partial charge is 0.335 e. The summed E-state index contributed by atoms with van der Waals surface area (Å²) in [5.41, 5.74) is 0.280. The number of benzene rings is 1. The second-order valence-corrected chi connectivity index (χ2v) is 3.77. The molecule has 0 radical (unpaired) electrons. The zero-order valence-corrected chi connectivity index (χ0v) is 8.46. The van der Waals surface area contributed by atoms with Crippen LogP contribution in [0.2, 0.25) is 0 Å². The molecule has 1 rings (SSSR count). The maximum absolute atomic E-state index is 10.5. The quantitative estimate of drug-likeness (QED) is 0.611. The average Bonchev–Trinajstić information content (AvgIpc) is 1.85. The number of thiol groups is 1. The van der Waals surface area contributed by atoms with Gasteiger partial charge in [0, 0.05) is 8.47 Å². The molecule has 0 aliphatic heterocycles. The largest absolute Gasteiger partial charge is 0.478 e. The van der Waals surface area contributed by atoms with Crippen LogP contribution in [0.5, 0.6) is 0 Å². The Morgan fingerprint density at radius 2 is 2.09 bits per heavy atom. The maximum atomic E-state index is 10.5. The molecular formula is C7H5IO2S. The van der Waals surface area contributed by atoms with Crippen molar-refractivity contribution in [1.29, 1.82) is 0 Å². The predicted octanol–water partition coefficient (Wildman–Crippen LogP) is 2.28. The first kappa shape index (κ1) is 8.86. The van der Waals surface area contributed by atoms with Crippen molar-refractivity contribution in [2.24, 2.45) is 0 Å². The van der Waals surface area contributed by atoms with E-state index in [1.807, 2.05) is 0 Å². The Morgan fingerprint density at radius 1 is 1.45 bits per heavy atom. The van der Waals surface area contributed by atoms with E-state index in [1.165, 1.54) is 6.07 Å². The fourth-order valence-corrected chi connectivity index (χ4v) is 1.89. The summed E-state index contributed by atoms with van der Waals surface area (Å²) in [4.78, 5) is 11.1. The molecule has 0 aliphatic carbocycles. The van der Waals surface area contributed by atoms with Crippen LogP contribution in [0, 0.1) is 3.57 Å². The zero-order valence-electron chi connectivity index (χ0n) is 5.41. The molecule has 1 N–H and O–H groups in total.